The van der Waals surface area contributed by atoms with Gasteiger partial charge < -0.3 is 0 Å². The third-order valence-electron chi connectivity index (χ3n) is 4.07. The average molecular weight is 373 g/mol. The Morgan fingerprint density at radius 1 is 0.870 bits per heavy atom. The fourth-order valence-corrected chi connectivity index (χ4v) is 3.10. The third kappa shape index (κ3) is 5.62. The number of rotatable bonds is 9. The Morgan fingerprint density at radius 3 is 2.04 bits per heavy atom. The lowest BCUT2D eigenvalue weighted by Gasteiger charge is -2.06. The summed E-state index contributed by atoms with van der Waals surface area (Å²) in [5, 5.41) is 1.02. The van der Waals surface area contributed by atoms with Gasteiger partial charge >= 0.3 is 0 Å². The fraction of sp³-hybridized carbons (Fsp3) is 0.381. The van der Waals surface area contributed by atoms with Crippen molar-refractivity contribution in [1.82, 2.24) is 0 Å². The third-order valence-corrected chi connectivity index (χ3v) is 4.63. The molecule has 2 aromatic rings. The van der Waals surface area contributed by atoms with E-state index in [9.17, 15) is 4.79 Å². The summed E-state index contributed by atoms with van der Waals surface area (Å²) in [5.41, 5.74) is 4.59. The van der Waals surface area contributed by atoms with Crippen molar-refractivity contribution >= 4 is 21.7 Å². The molecule has 0 aliphatic rings. The summed E-state index contributed by atoms with van der Waals surface area (Å²) in [5.74, 6) is 0.254. The van der Waals surface area contributed by atoms with Crippen LogP contribution < -0.4 is 0 Å². The SMILES string of the molecule is CCCc1ccc(-c2ccc(C(=O)CCCCCBr)cc2)cc1. The van der Waals surface area contributed by atoms with Gasteiger partial charge in [-0.1, -0.05) is 84.2 Å². The number of hydrogen-bond acceptors (Lipinski definition) is 1. The minimum Gasteiger partial charge on any atom is -0.294 e. The molecule has 0 unspecified atom stereocenters. The highest BCUT2D eigenvalue weighted by Crippen LogP contribution is 2.21. The molecule has 0 atom stereocenters. The molecule has 2 heteroatoms. The molecule has 0 radical (unpaired) electrons. The predicted molar refractivity (Wildman–Crippen MR) is 102 cm³/mol. The molecule has 0 saturated heterocycles. The Bertz CT molecular complexity index is 599. The summed E-state index contributed by atoms with van der Waals surface area (Å²) < 4.78 is 0. The van der Waals surface area contributed by atoms with E-state index in [1.807, 2.05) is 12.1 Å². The van der Waals surface area contributed by atoms with Gasteiger partial charge in [0.2, 0.25) is 0 Å². The van der Waals surface area contributed by atoms with Crippen molar-refractivity contribution in [2.75, 3.05) is 5.33 Å². The summed E-state index contributed by atoms with van der Waals surface area (Å²) in [7, 11) is 0. The fourth-order valence-electron chi connectivity index (χ4n) is 2.70. The second-order valence-corrected chi connectivity index (χ2v) is 6.74. The molecule has 0 amide bonds. The number of alkyl halides is 1. The standard InChI is InChI=1S/C21H25BrO/c1-2-6-17-8-10-18(11-9-17)19-12-14-20(15-13-19)21(23)7-4-3-5-16-22/h8-15H,2-7,16H2,1H3. The number of carbonyl (C=O) groups excluding carboxylic acids is 1. The molecule has 0 aliphatic heterocycles. The van der Waals surface area contributed by atoms with Crippen molar-refractivity contribution in [2.45, 2.75) is 45.4 Å². The van der Waals surface area contributed by atoms with Crippen LogP contribution >= 0.6 is 15.9 Å². The Kier molecular flexibility index (Phi) is 7.54. The molecule has 23 heavy (non-hydrogen) atoms. The van der Waals surface area contributed by atoms with Gasteiger partial charge in [-0.2, -0.15) is 0 Å². The van der Waals surface area contributed by atoms with Crippen molar-refractivity contribution in [3.8, 4) is 11.1 Å². The molecule has 122 valence electrons. The van der Waals surface area contributed by atoms with Gasteiger partial charge in [-0.15, -0.1) is 0 Å². The molecular weight excluding hydrogens is 348 g/mol. The highest BCUT2D eigenvalue weighted by atomic mass is 79.9. The topological polar surface area (TPSA) is 17.1 Å². The van der Waals surface area contributed by atoms with Gasteiger partial charge in [-0.05, 0) is 36.0 Å². The van der Waals surface area contributed by atoms with Crippen LogP contribution in [0, 0.1) is 0 Å². The minimum absolute atomic E-state index is 0.254. The van der Waals surface area contributed by atoms with Crippen LogP contribution in [0.25, 0.3) is 11.1 Å². The zero-order valence-corrected chi connectivity index (χ0v) is 15.4. The number of halogens is 1. The van der Waals surface area contributed by atoms with Crippen molar-refractivity contribution in [1.29, 1.82) is 0 Å². The Hall–Kier alpha value is -1.41. The lowest BCUT2D eigenvalue weighted by Crippen LogP contribution is -1.98. The van der Waals surface area contributed by atoms with E-state index < -0.39 is 0 Å². The van der Waals surface area contributed by atoms with E-state index in [0.717, 1.165) is 36.6 Å². The maximum atomic E-state index is 12.2. The van der Waals surface area contributed by atoms with E-state index in [1.165, 1.54) is 23.1 Å². The molecule has 0 aromatic heterocycles. The monoisotopic (exact) mass is 372 g/mol. The Balaban J connectivity index is 1.97. The van der Waals surface area contributed by atoms with Crippen LogP contribution in [0.3, 0.4) is 0 Å². The van der Waals surface area contributed by atoms with Crippen molar-refractivity contribution in [3.05, 3.63) is 59.7 Å². The smallest absolute Gasteiger partial charge is 0.162 e. The van der Waals surface area contributed by atoms with Gasteiger partial charge in [0.25, 0.3) is 0 Å². The van der Waals surface area contributed by atoms with Gasteiger partial charge in [-0.25, -0.2) is 0 Å². The van der Waals surface area contributed by atoms with Crippen LogP contribution in [0.15, 0.2) is 48.5 Å². The van der Waals surface area contributed by atoms with Gasteiger partial charge in [-0.3, -0.25) is 4.79 Å². The quantitative estimate of drug-likeness (QED) is 0.281. The summed E-state index contributed by atoms with van der Waals surface area (Å²) >= 11 is 3.42. The van der Waals surface area contributed by atoms with E-state index >= 15 is 0 Å². The molecule has 0 spiro atoms. The average Bonchev–Trinajstić information content (AvgIpc) is 2.60. The van der Waals surface area contributed by atoms with Crippen molar-refractivity contribution in [3.63, 3.8) is 0 Å². The van der Waals surface area contributed by atoms with Crippen LogP contribution in [0.5, 0.6) is 0 Å². The molecule has 0 aliphatic carbocycles. The molecule has 0 N–H and O–H groups in total. The van der Waals surface area contributed by atoms with Crippen LogP contribution in [0.4, 0.5) is 0 Å². The second-order valence-electron chi connectivity index (χ2n) is 5.95. The first-order valence-electron chi connectivity index (χ1n) is 8.53. The van der Waals surface area contributed by atoms with Crippen molar-refractivity contribution in [2.24, 2.45) is 0 Å². The van der Waals surface area contributed by atoms with Crippen LogP contribution in [0.1, 0.15) is 54.9 Å². The maximum Gasteiger partial charge on any atom is 0.162 e. The highest BCUT2D eigenvalue weighted by Gasteiger charge is 2.06. The molecule has 0 saturated carbocycles. The van der Waals surface area contributed by atoms with Crippen LogP contribution in [-0.4, -0.2) is 11.1 Å². The summed E-state index contributed by atoms with van der Waals surface area (Å²) in [4.78, 5) is 12.2. The zero-order chi connectivity index (χ0) is 16.5. The van der Waals surface area contributed by atoms with E-state index in [-0.39, 0.29) is 5.78 Å². The first-order chi connectivity index (χ1) is 11.2. The molecule has 2 rings (SSSR count). The number of unbranched alkanes of at least 4 members (excludes halogenated alkanes) is 2. The molecule has 2 aromatic carbocycles. The first-order valence-corrected chi connectivity index (χ1v) is 9.65. The lowest BCUT2D eigenvalue weighted by molar-refractivity contribution is 0.0979. The molecule has 0 heterocycles. The molecule has 0 fully saturated rings. The van der Waals surface area contributed by atoms with Crippen LogP contribution in [-0.2, 0) is 6.42 Å². The number of Topliss-reactive ketones (excluding diaryl/α,β-unsaturated/α-hetero) is 1. The number of benzene rings is 2. The van der Waals surface area contributed by atoms with E-state index in [0.29, 0.717) is 6.42 Å². The summed E-state index contributed by atoms with van der Waals surface area (Å²) in [6, 6.07) is 16.8. The largest absolute Gasteiger partial charge is 0.294 e. The maximum absolute atomic E-state index is 12.2. The number of ketones is 1. The van der Waals surface area contributed by atoms with Gasteiger partial charge in [0.1, 0.15) is 0 Å². The normalized spacial score (nSPS) is 10.7. The number of carbonyl (C=O) groups is 1. The molecular formula is C21H25BrO. The van der Waals surface area contributed by atoms with Gasteiger partial charge in [0, 0.05) is 17.3 Å². The van der Waals surface area contributed by atoms with E-state index in [1.54, 1.807) is 0 Å². The molecule has 1 nitrogen and oxygen atoms in total. The predicted octanol–water partition coefficient (Wildman–Crippen LogP) is 6.44. The minimum atomic E-state index is 0.254. The highest BCUT2D eigenvalue weighted by molar-refractivity contribution is 9.09. The molecule has 0 bridgehead atoms. The second kappa shape index (κ2) is 9.67. The van der Waals surface area contributed by atoms with E-state index in [2.05, 4.69) is 59.3 Å². The number of hydrogen-bond donors (Lipinski definition) is 0. The summed E-state index contributed by atoms with van der Waals surface area (Å²) in [6.07, 6.45) is 6.18. The van der Waals surface area contributed by atoms with Gasteiger partial charge in [0.15, 0.2) is 5.78 Å². The Morgan fingerprint density at radius 2 is 1.48 bits per heavy atom. The lowest BCUT2D eigenvalue weighted by atomic mass is 9.99. The zero-order valence-electron chi connectivity index (χ0n) is 13.9. The van der Waals surface area contributed by atoms with Crippen LogP contribution in [0.2, 0.25) is 0 Å². The van der Waals surface area contributed by atoms with E-state index in [4.69, 9.17) is 0 Å². The Labute approximate surface area is 148 Å². The summed E-state index contributed by atoms with van der Waals surface area (Å²) in [6.45, 7) is 2.20. The van der Waals surface area contributed by atoms with Gasteiger partial charge in [0.05, 0.1) is 0 Å². The number of aryl methyl sites for hydroxylation is 1. The first kappa shape index (κ1) is 17.9. The van der Waals surface area contributed by atoms with Crippen molar-refractivity contribution < 1.29 is 4.79 Å².